The molecule has 2 aliphatic heterocycles. The first-order valence-corrected chi connectivity index (χ1v) is 9.88. The molecule has 0 unspecified atom stereocenters. The minimum absolute atomic E-state index is 0. The minimum atomic E-state index is 0. The van der Waals surface area contributed by atoms with E-state index in [4.69, 9.17) is 16.1 Å². The van der Waals surface area contributed by atoms with E-state index < -0.39 is 0 Å². The van der Waals surface area contributed by atoms with Gasteiger partial charge in [0.1, 0.15) is 0 Å². The van der Waals surface area contributed by atoms with Crippen LogP contribution in [0.3, 0.4) is 0 Å². The van der Waals surface area contributed by atoms with Gasteiger partial charge in [-0.15, -0.1) is 24.8 Å². The number of rotatable bonds is 5. The lowest BCUT2D eigenvalue weighted by Crippen LogP contribution is -2.48. The second-order valence-corrected chi connectivity index (χ2v) is 7.73. The number of hydrogen-bond acceptors (Lipinski definition) is 6. The van der Waals surface area contributed by atoms with E-state index >= 15 is 0 Å². The molecule has 9 heteroatoms. The summed E-state index contributed by atoms with van der Waals surface area (Å²) in [7, 11) is 0. The molecule has 2 saturated heterocycles. The van der Waals surface area contributed by atoms with Crippen molar-refractivity contribution in [2.75, 3.05) is 45.8 Å². The highest BCUT2D eigenvalue weighted by molar-refractivity contribution is 6.30. The molecule has 1 aromatic heterocycles. The van der Waals surface area contributed by atoms with Gasteiger partial charge in [0.25, 0.3) is 0 Å². The van der Waals surface area contributed by atoms with Crippen molar-refractivity contribution >= 4 is 36.4 Å². The Morgan fingerprint density at radius 3 is 2.32 bits per heavy atom. The Hall–Kier alpha value is -0.890. The van der Waals surface area contributed by atoms with Crippen molar-refractivity contribution in [1.82, 2.24) is 25.3 Å². The summed E-state index contributed by atoms with van der Waals surface area (Å²) in [5.41, 5.74) is 0.927. The second kappa shape index (κ2) is 11.3. The van der Waals surface area contributed by atoms with Crippen LogP contribution in [0.15, 0.2) is 28.8 Å². The third-order valence-corrected chi connectivity index (χ3v) is 5.62. The number of nitrogens with zero attached hydrogens (tertiary/aromatic N) is 4. The van der Waals surface area contributed by atoms with Crippen molar-refractivity contribution < 1.29 is 4.52 Å². The van der Waals surface area contributed by atoms with E-state index in [0.717, 1.165) is 44.2 Å². The lowest BCUT2D eigenvalue weighted by molar-refractivity contribution is 0.0990. The predicted octanol–water partition coefficient (Wildman–Crippen LogP) is 3.35. The van der Waals surface area contributed by atoms with Gasteiger partial charge in [0.15, 0.2) is 0 Å². The van der Waals surface area contributed by atoms with Crippen molar-refractivity contribution in [2.45, 2.75) is 19.4 Å². The fourth-order valence-corrected chi connectivity index (χ4v) is 3.91. The molecule has 1 aromatic carbocycles. The summed E-state index contributed by atoms with van der Waals surface area (Å²) in [5, 5.41) is 8.26. The number of hydrogen-bond donors (Lipinski definition) is 1. The number of piperidine rings is 1. The lowest BCUT2D eigenvalue weighted by Gasteiger charge is -2.36. The van der Waals surface area contributed by atoms with Crippen molar-refractivity contribution in [3.05, 3.63) is 35.2 Å². The minimum Gasteiger partial charge on any atom is -0.338 e. The summed E-state index contributed by atoms with van der Waals surface area (Å²) in [4.78, 5) is 9.55. The Kier molecular flexibility index (Phi) is 9.47. The standard InChI is InChI=1S/C19H26ClN5O.2ClH/c20-17-3-1-16(2-4-17)19-22-18(26-23-19)14-25-11-9-24(10-12-25)13-15-5-7-21-8-6-15;;/h1-4,15,21H,5-14H2;2*1H. The van der Waals surface area contributed by atoms with E-state index in [0.29, 0.717) is 16.7 Å². The van der Waals surface area contributed by atoms with Crippen molar-refractivity contribution in [3.8, 4) is 11.4 Å². The average Bonchev–Trinajstić information content (AvgIpc) is 3.13. The summed E-state index contributed by atoms with van der Waals surface area (Å²) >= 11 is 5.93. The highest BCUT2D eigenvalue weighted by Crippen LogP contribution is 2.20. The van der Waals surface area contributed by atoms with E-state index in [1.807, 2.05) is 24.3 Å². The Morgan fingerprint density at radius 1 is 1.00 bits per heavy atom. The van der Waals surface area contributed by atoms with Gasteiger partial charge >= 0.3 is 0 Å². The molecule has 0 radical (unpaired) electrons. The van der Waals surface area contributed by atoms with Crippen molar-refractivity contribution in [2.24, 2.45) is 5.92 Å². The van der Waals surface area contributed by atoms with Crippen LogP contribution in [0.4, 0.5) is 0 Å². The number of piperazine rings is 1. The van der Waals surface area contributed by atoms with E-state index in [1.165, 1.54) is 32.5 Å². The third kappa shape index (κ3) is 6.31. The zero-order valence-electron chi connectivity index (χ0n) is 15.8. The smallest absolute Gasteiger partial charge is 0.241 e. The first kappa shape index (κ1) is 23.4. The van der Waals surface area contributed by atoms with Gasteiger partial charge in [-0.2, -0.15) is 4.98 Å². The molecule has 2 fully saturated rings. The Morgan fingerprint density at radius 2 is 1.64 bits per heavy atom. The number of halogens is 3. The van der Waals surface area contributed by atoms with Gasteiger partial charge < -0.3 is 14.7 Å². The molecule has 0 atom stereocenters. The topological polar surface area (TPSA) is 57.4 Å². The molecule has 2 aromatic rings. The van der Waals surface area contributed by atoms with Gasteiger partial charge in [-0.25, -0.2) is 0 Å². The number of benzene rings is 1. The van der Waals surface area contributed by atoms with Crippen LogP contribution in [0.2, 0.25) is 5.02 Å². The molecule has 156 valence electrons. The summed E-state index contributed by atoms with van der Waals surface area (Å²) < 4.78 is 5.44. The molecule has 0 aliphatic carbocycles. The van der Waals surface area contributed by atoms with Crippen molar-refractivity contribution in [1.29, 1.82) is 0 Å². The highest BCUT2D eigenvalue weighted by atomic mass is 35.5. The highest BCUT2D eigenvalue weighted by Gasteiger charge is 2.22. The monoisotopic (exact) mass is 447 g/mol. The maximum atomic E-state index is 5.93. The van der Waals surface area contributed by atoms with Gasteiger partial charge in [-0.05, 0) is 56.1 Å². The average molecular weight is 449 g/mol. The molecule has 4 rings (SSSR count). The molecule has 1 N–H and O–H groups in total. The Bertz CT molecular complexity index is 698. The predicted molar refractivity (Wildman–Crippen MR) is 117 cm³/mol. The number of nitrogens with one attached hydrogen (secondary N) is 1. The van der Waals surface area contributed by atoms with E-state index in [-0.39, 0.29) is 24.8 Å². The molecular weight excluding hydrogens is 421 g/mol. The van der Waals surface area contributed by atoms with Gasteiger partial charge in [0, 0.05) is 43.3 Å². The van der Waals surface area contributed by atoms with Crippen LogP contribution in [0.5, 0.6) is 0 Å². The molecule has 0 bridgehead atoms. The molecule has 0 saturated carbocycles. The summed E-state index contributed by atoms with van der Waals surface area (Å²) in [6, 6.07) is 7.51. The van der Waals surface area contributed by atoms with Crippen LogP contribution < -0.4 is 5.32 Å². The first-order valence-electron chi connectivity index (χ1n) is 9.50. The first-order chi connectivity index (χ1) is 12.8. The van der Waals surface area contributed by atoms with Crippen LogP contribution in [0, 0.1) is 5.92 Å². The van der Waals surface area contributed by atoms with Crippen LogP contribution in [-0.4, -0.2) is 65.8 Å². The molecule has 6 nitrogen and oxygen atoms in total. The largest absolute Gasteiger partial charge is 0.338 e. The van der Waals surface area contributed by atoms with Crippen LogP contribution in [0.1, 0.15) is 18.7 Å². The molecule has 0 spiro atoms. The van der Waals surface area contributed by atoms with Crippen LogP contribution in [-0.2, 0) is 6.54 Å². The van der Waals surface area contributed by atoms with E-state index in [1.54, 1.807) is 0 Å². The van der Waals surface area contributed by atoms with E-state index in [2.05, 4.69) is 25.3 Å². The summed E-state index contributed by atoms with van der Waals surface area (Å²) in [6.07, 6.45) is 2.63. The number of aromatic nitrogens is 2. The SMILES string of the molecule is Cl.Cl.Clc1ccc(-c2noc(CN3CCN(CC4CCNCC4)CC3)n2)cc1. The normalized spacial score (nSPS) is 19.0. The second-order valence-electron chi connectivity index (χ2n) is 7.29. The summed E-state index contributed by atoms with van der Waals surface area (Å²) in [6.45, 7) is 8.70. The molecule has 28 heavy (non-hydrogen) atoms. The van der Waals surface area contributed by atoms with Gasteiger partial charge in [0.2, 0.25) is 11.7 Å². The molecule has 3 heterocycles. The fraction of sp³-hybridized carbons (Fsp3) is 0.579. The fourth-order valence-electron chi connectivity index (χ4n) is 3.79. The van der Waals surface area contributed by atoms with Crippen molar-refractivity contribution in [3.63, 3.8) is 0 Å². The van der Waals surface area contributed by atoms with Gasteiger partial charge in [-0.3, -0.25) is 4.90 Å². The zero-order valence-corrected chi connectivity index (χ0v) is 18.2. The Labute approximate surface area is 183 Å². The third-order valence-electron chi connectivity index (χ3n) is 5.37. The maximum Gasteiger partial charge on any atom is 0.241 e. The van der Waals surface area contributed by atoms with Gasteiger partial charge in [0.05, 0.1) is 6.54 Å². The maximum absolute atomic E-state index is 5.93. The van der Waals surface area contributed by atoms with Crippen LogP contribution >= 0.6 is 36.4 Å². The van der Waals surface area contributed by atoms with Crippen LogP contribution in [0.25, 0.3) is 11.4 Å². The van der Waals surface area contributed by atoms with Gasteiger partial charge in [-0.1, -0.05) is 16.8 Å². The zero-order chi connectivity index (χ0) is 17.8. The molecule has 2 aliphatic rings. The summed E-state index contributed by atoms with van der Waals surface area (Å²) in [5.74, 6) is 2.17. The van der Waals surface area contributed by atoms with E-state index in [9.17, 15) is 0 Å². The molecule has 0 amide bonds. The molecular formula is C19H28Cl3N5O. The lowest BCUT2D eigenvalue weighted by atomic mass is 9.97. The quantitative estimate of drug-likeness (QED) is 0.757. The Balaban J connectivity index is 0.00000140.